The van der Waals surface area contributed by atoms with E-state index in [0.29, 0.717) is 5.82 Å². The van der Waals surface area contributed by atoms with Gasteiger partial charge in [0.05, 0.1) is 66.9 Å². The van der Waals surface area contributed by atoms with Crippen LogP contribution in [0.1, 0.15) is 0 Å². The number of para-hydroxylation sites is 6. The number of rotatable bonds is 11. The average Bonchev–Trinajstić information content (AvgIpc) is 1.55. The van der Waals surface area contributed by atoms with E-state index in [4.69, 9.17) is 19.9 Å². The molecule has 22 aromatic rings. The van der Waals surface area contributed by atoms with Crippen molar-refractivity contribution in [2.45, 2.75) is 0 Å². The molecule has 514 valence electrons. The van der Waals surface area contributed by atoms with Crippen LogP contribution in [0.5, 0.6) is 0 Å². The van der Waals surface area contributed by atoms with Crippen molar-refractivity contribution in [3.63, 3.8) is 0 Å². The van der Waals surface area contributed by atoms with E-state index < -0.39 is 0 Å². The summed E-state index contributed by atoms with van der Waals surface area (Å²) in [6.45, 7) is 0. The Labute approximate surface area is 634 Å². The second-order valence-corrected chi connectivity index (χ2v) is 28.0. The Morgan fingerprint density at radius 1 is 0.164 bits per heavy atom. The minimum absolute atomic E-state index is 0.714. The summed E-state index contributed by atoms with van der Waals surface area (Å²) < 4.78 is 9.63. The summed E-state index contributed by atoms with van der Waals surface area (Å²) in [5, 5.41) is 12.4. The second kappa shape index (κ2) is 26.6. The summed E-state index contributed by atoms with van der Waals surface area (Å²) in [6, 6.07) is 142. The number of nitrogens with zero attached hydrogens (tertiary/aromatic N) is 8. The predicted molar refractivity (Wildman–Crippen MR) is 457 cm³/mol. The van der Waals surface area contributed by atoms with Crippen molar-refractivity contribution in [1.29, 1.82) is 0 Å². The van der Waals surface area contributed by atoms with Gasteiger partial charge in [0, 0.05) is 99.2 Å². The third kappa shape index (κ3) is 10.8. The van der Waals surface area contributed by atoms with Crippen LogP contribution in [-0.4, -0.2) is 38.2 Å². The molecule has 8 heteroatoms. The van der Waals surface area contributed by atoms with Crippen molar-refractivity contribution in [3.05, 3.63) is 400 Å². The largest absolute Gasteiger partial charge is 0.309 e. The molecule has 22 rings (SSSR count). The Kier molecular flexibility index (Phi) is 15.4. The van der Waals surface area contributed by atoms with Gasteiger partial charge in [0.1, 0.15) is 0 Å². The molecule has 16 aromatic carbocycles. The van der Waals surface area contributed by atoms with Crippen molar-refractivity contribution in [2.75, 3.05) is 0 Å². The van der Waals surface area contributed by atoms with E-state index >= 15 is 0 Å². The smallest absolute Gasteiger partial charge is 0.160 e. The molecule has 0 atom stereocenters. The standard InChI is InChI=1S/C52H34N4.C50H32N4/c1-4-14-37(15-5-1)44-34-45(54-52(53-44)39-16-6-2-7-17-39)38-26-24-35(25-27-38)36-28-30-41(31-29-36)56-47-23-13-11-21-43(47)51-49(56)33-32-48-50(51)42-20-10-12-22-46(42)55(48)40-18-8-3-9-19-40;1-4-15-33(16-5-1)42-32-43(52-50(51-42)34-17-6-2-7-18-34)39-24-14-19-35-31-37(27-28-38(35)39)54-45-26-13-11-23-41(45)49-47(54)30-29-46-48(49)40-22-10-12-25-44(40)53(46)36-20-8-3-9-21-36/h1-34H;1-32H. The molecule has 6 aromatic heterocycles. The van der Waals surface area contributed by atoms with Gasteiger partial charge < -0.3 is 18.3 Å². The normalized spacial score (nSPS) is 11.6. The lowest BCUT2D eigenvalue weighted by Crippen LogP contribution is -1.97. The van der Waals surface area contributed by atoms with E-state index in [1.54, 1.807) is 0 Å². The summed E-state index contributed by atoms with van der Waals surface area (Å²) in [5.41, 5.74) is 26.3. The Morgan fingerprint density at radius 3 is 0.855 bits per heavy atom. The van der Waals surface area contributed by atoms with Crippen LogP contribution in [0.4, 0.5) is 0 Å². The predicted octanol–water partition coefficient (Wildman–Crippen LogP) is 26.2. The van der Waals surface area contributed by atoms with Crippen LogP contribution in [-0.2, 0) is 0 Å². The topological polar surface area (TPSA) is 71.3 Å². The number of hydrogen-bond acceptors (Lipinski definition) is 4. The van der Waals surface area contributed by atoms with Crippen LogP contribution in [0.25, 0.3) is 200 Å². The molecule has 0 amide bonds. The van der Waals surface area contributed by atoms with Crippen LogP contribution >= 0.6 is 0 Å². The van der Waals surface area contributed by atoms with Crippen molar-refractivity contribution in [1.82, 2.24) is 38.2 Å². The van der Waals surface area contributed by atoms with Crippen LogP contribution in [0.15, 0.2) is 400 Å². The Bertz CT molecular complexity index is 7160. The van der Waals surface area contributed by atoms with Gasteiger partial charge in [-0.2, -0.15) is 0 Å². The van der Waals surface area contributed by atoms with Crippen molar-refractivity contribution < 1.29 is 0 Å². The fraction of sp³-hybridized carbons (Fsp3) is 0. The van der Waals surface area contributed by atoms with Crippen molar-refractivity contribution >= 4 is 98.0 Å². The van der Waals surface area contributed by atoms with Crippen LogP contribution in [0.2, 0.25) is 0 Å². The number of hydrogen-bond donors (Lipinski definition) is 0. The zero-order valence-electron chi connectivity index (χ0n) is 59.7. The van der Waals surface area contributed by atoms with Crippen LogP contribution in [0.3, 0.4) is 0 Å². The lowest BCUT2D eigenvalue weighted by atomic mass is 9.99. The van der Waals surface area contributed by atoms with Gasteiger partial charge in [-0.3, -0.25) is 0 Å². The van der Waals surface area contributed by atoms with Gasteiger partial charge in [-0.05, 0) is 131 Å². The second-order valence-electron chi connectivity index (χ2n) is 28.0. The minimum atomic E-state index is 0.714. The average molecular weight is 1400 g/mol. The maximum absolute atomic E-state index is 5.16. The monoisotopic (exact) mass is 1400 g/mol. The first-order valence-electron chi connectivity index (χ1n) is 37.3. The molecular formula is C102H66N8. The molecule has 110 heavy (non-hydrogen) atoms. The van der Waals surface area contributed by atoms with Crippen molar-refractivity contribution in [2.24, 2.45) is 0 Å². The Hall–Kier alpha value is -14.9. The highest BCUT2D eigenvalue weighted by molar-refractivity contribution is 6.30. The third-order valence-electron chi connectivity index (χ3n) is 21.7. The molecule has 0 bridgehead atoms. The fourth-order valence-electron chi connectivity index (χ4n) is 16.7. The summed E-state index contributed by atoms with van der Waals surface area (Å²) in [7, 11) is 0. The molecule has 0 fully saturated rings. The van der Waals surface area contributed by atoms with Crippen LogP contribution < -0.4 is 0 Å². The summed E-state index contributed by atoms with van der Waals surface area (Å²) in [6.07, 6.45) is 0. The van der Waals surface area contributed by atoms with Gasteiger partial charge in [0.25, 0.3) is 0 Å². The number of aromatic nitrogens is 8. The molecule has 8 nitrogen and oxygen atoms in total. The minimum Gasteiger partial charge on any atom is -0.309 e. The molecule has 0 N–H and O–H groups in total. The SMILES string of the molecule is c1ccc(-c2cc(-c3ccc(-c4ccc(-n5c6ccccc6c6c7c8ccccc8n(-c8ccccc8)c7ccc65)cc4)cc3)nc(-c3ccccc3)n2)cc1.c1ccc(-c2cc(-c3cccc4cc(-n5c6ccccc6c6c7c8ccccc8n(-c8ccccc8)c7ccc65)ccc34)nc(-c3ccccc3)n2)cc1. The molecule has 0 radical (unpaired) electrons. The number of benzene rings is 16. The Morgan fingerprint density at radius 2 is 0.455 bits per heavy atom. The molecule has 0 aliphatic rings. The van der Waals surface area contributed by atoms with Gasteiger partial charge in [-0.25, -0.2) is 19.9 Å². The van der Waals surface area contributed by atoms with Gasteiger partial charge in [0.2, 0.25) is 0 Å². The van der Waals surface area contributed by atoms with E-state index in [1.165, 1.54) is 87.2 Å². The maximum atomic E-state index is 5.16. The zero-order valence-corrected chi connectivity index (χ0v) is 59.7. The van der Waals surface area contributed by atoms with Crippen molar-refractivity contribution in [3.8, 4) is 102 Å². The molecule has 0 spiro atoms. The highest BCUT2D eigenvalue weighted by Gasteiger charge is 2.24. The molecule has 0 saturated carbocycles. The first kappa shape index (κ1) is 63.6. The van der Waals surface area contributed by atoms with E-state index in [2.05, 4.69) is 358 Å². The van der Waals surface area contributed by atoms with E-state index in [-0.39, 0.29) is 0 Å². The fourth-order valence-corrected chi connectivity index (χ4v) is 16.7. The summed E-state index contributed by atoms with van der Waals surface area (Å²) in [5.74, 6) is 1.43. The van der Waals surface area contributed by atoms with Gasteiger partial charge in [-0.15, -0.1) is 0 Å². The third-order valence-corrected chi connectivity index (χ3v) is 21.7. The van der Waals surface area contributed by atoms with Gasteiger partial charge in [-0.1, -0.05) is 291 Å². The molecule has 0 saturated heterocycles. The molecule has 0 aliphatic heterocycles. The lowest BCUT2D eigenvalue weighted by Gasteiger charge is -2.13. The zero-order chi connectivity index (χ0) is 72.6. The quantitative estimate of drug-likeness (QED) is 0.129. The Balaban J connectivity index is 0.000000140. The highest BCUT2D eigenvalue weighted by atomic mass is 15.0. The first-order valence-corrected chi connectivity index (χ1v) is 37.3. The van der Waals surface area contributed by atoms with E-state index in [0.717, 1.165) is 107 Å². The maximum Gasteiger partial charge on any atom is 0.160 e. The summed E-state index contributed by atoms with van der Waals surface area (Å²) in [4.78, 5) is 20.2. The lowest BCUT2D eigenvalue weighted by molar-refractivity contribution is 1.17. The van der Waals surface area contributed by atoms with Gasteiger partial charge in [0.15, 0.2) is 11.6 Å². The number of fused-ring (bicyclic) bond motifs is 15. The molecule has 0 unspecified atom stereocenters. The van der Waals surface area contributed by atoms with E-state index in [9.17, 15) is 0 Å². The van der Waals surface area contributed by atoms with Gasteiger partial charge >= 0.3 is 0 Å². The van der Waals surface area contributed by atoms with Crippen LogP contribution in [0, 0.1) is 0 Å². The molecule has 0 aliphatic carbocycles. The first-order chi connectivity index (χ1) is 54.6. The highest BCUT2D eigenvalue weighted by Crippen LogP contribution is 2.46. The molecule has 6 heterocycles. The molecular weight excluding hydrogens is 1340 g/mol. The summed E-state index contributed by atoms with van der Waals surface area (Å²) >= 11 is 0. The van der Waals surface area contributed by atoms with E-state index in [1.807, 2.05) is 60.7 Å².